The number of rotatable bonds is 4. The Morgan fingerprint density at radius 2 is 2.22 bits per heavy atom. The van der Waals surface area contributed by atoms with Crippen LogP contribution in [-0.4, -0.2) is 9.97 Å². The van der Waals surface area contributed by atoms with Crippen molar-refractivity contribution in [3.63, 3.8) is 0 Å². The van der Waals surface area contributed by atoms with E-state index in [-0.39, 0.29) is 5.41 Å². The number of hydrogen-bond acceptors (Lipinski definition) is 2. The van der Waals surface area contributed by atoms with Crippen molar-refractivity contribution in [2.45, 2.75) is 64.7 Å². The van der Waals surface area contributed by atoms with Gasteiger partial charge in [0, 0.05) is 11.8 Å². The van der Waals surface area contributed by atoms with Crippen LogP contribution in [0.15, 0.2) is 30.0 Å². The van der Waals surface area contributed by atoms with Crippen molar-refractivity contribution in [3.05, 3.63) is 41.4 Å². The van der Waals surface area contributed by atoms with Gasteiger partial charge in [-0.2, -0.15) is 0 Å². The molecule has 2 atom stereocenters. The summed E-state index contributed by atoms with van der Waals surface area (Å²) in [5, 5.41) is 0. The second-order valence-electron chi connectivity index (χ2n) is 6.95. The Kier molecular flexibility index (Phi) is 4.47. The Morgan fingerprint density at radius 3 is 2.91 bits per heavy atom. The second-order valence-corrected chi connectivity index (χ2v) is 6.95. The normalized spacial score (nSPS) is 26.9. The molecule has 3 N–H and O–H groups in total. The molecule has 1 aromatic carbocycles. The zero-order chi connectivity index (χ0) is 16.4. The zero-order valence-corrected chi connectivity index (χ0v) is 14.7. The van der Waals surface area contributed by atoms with Crippen LogP contribution in [0.25, 0.3) is 11.0 Å². The van der Waals surface area contributed by atoms with Gasteiger partial charge in [-0.1, -0.05) is 39.3 Å². The lowest BCUT2D eigenvalue weighted by Crippen LogP contribution is -2.39. The molecule has 3 nitrogen and oxygen atoms in total. The smallest absolute Gasteiger partial charge is 0.106 e. The van der Waals surface area contributed by atoms with E-state index in [2.05, 4.69) is 44.0 Å². The van der Waals surface area contributed by atoms with Gasteiger partial charge in [-0.25, -0.2) is 4.98 Å². The first-order chi connectivity index (χ1) is 11.2. The van der Waals surface area contributed by atoms with Gasteiger partial charge < -0.3 is 10.7 Å². The fourth-order valence-corrected chi connectivity index (χ4v) is 4.60. The number of aryl methyl sites for hydroxylation is 1. The highest BCUT2D eigenvalue weighted by atomic mass is 14.9. The summed E-state index contributed by atoms with van der Waals surface area (Å²) in [7, 11) is 0. The summed E-state index contributed by atoms with van der Waals surface area (Å²) < 4.78 is 0. The van der Waals surface area contributed by atoms with E-state index < -0.39 is 0 Å². The van der Waals surface area contributed by atoms with Crippen LogP contribution in [0.2, 0.25) is 0 Å². The highest BCUT2D eigenvalue weighted by Crippen LogP contribution is 2.51. The molecule has 0 aliphatic heterocycles. The van der Waals surface area contributed by atoms with E-state index in [4.69, 9.17) is 10.7 Å². The lowest BCUT2D eigenvalue weighted by molar-refractivity contribution is 0.253. The number of aromatic nitrogens is 2. The quantitative estimate of drug-likeness (QED) is 0.850. The molecule has 0 radical (unpaired) electrons. The Balaban J connectivity index is 2.27. The van der Waals surface area contributed by atoms with Gasteiger partial charge in [-0.3, -0.25) is 0 Å². The molecule has 3 rings (SSSR count). The number of para-hydroxylation sites is 1. The summed E-state index contributed by atoms with van der Waals surface area (Å²) in [6.07, 6.45) is 8.74. The van der Waals surface area contributed by atoms with Crippen LogP contribution in [0, 0.1) is 5.92 Å². The fraction of sp³-hybridized carbons (Fsp3) is 0.550. The van der Waals surface area contributed by atoms with Gasteiger partial charge >= 0.3 is 0 Å². The van der Waals surface area contributed by atoms with E-state index in [0.717, 1.165) is 42.5 Å². The van der Waals surface area contributed by atoms with Crippen LogP contribution in [0.3, 0.4) is 0 Å². The maximum absolute atomic E-state index is 6.09. The van der Waals surface area contributed by atoms with Crippen LogP contribution in [0.1, 0.15) is 64.3 Å². The summed E-state index contributed by atoms with van der Waals surface area (Å²) in [6, 6.07) is 6.59. The number of nitrogens with two attached hydrogens (primary N) is 1. The zero-order valence-electron chi connectivity index (χ0n) is 14.7. The number of H-pyrrole nitrogens is 1. The predicted molar refractivity (Wildman–Crippen MR) is 97.3 cm³/mol. The third-order valence-corrected chi connectivity index (χ3v) is 5.72. The Bertz CT molecular complexity index is 713. The van der Waals surface area contributed by atoms with Gasteiger partial charge in [0.25, 0.3) is 0 Å². The number of fused-ring (bicyclic) bond motifs is 1. The van der Waals surface area contributed by atoms with E-state index in [1.165, 1.54) is 24.0 Å². The van der Waals surface area contributed by atoms with Gasteiger partial charge in [0.05, 0.1) is 11.0 Å². The van der Waals surface area contributed by atoms with Crippen LogP contribution in [0.4, 0.5) is 0 Å². The van der Waals surface area contributed by atoms with Gasteiger partial charge in [0.2, 0.25) is 0 Å². The third kappa shape index (κ3) is 2.46. The first-order valence-corrected chi connectivity index (χ1v) is 9.06. The summed E-state index contributed by atoms with van der Waals surface area (Å²) in [6.45, 7) is 6.82. The van der Waals surface area contributed by atoms with E-state index in [1.54, 1.807) is 0 Å². The van der Waals surface area contributed by atoms with Crippen LogP contribution < -0.4 is 5.73 Å². The molecule has 2 aromatic rings. The molecule has 1 saturated carbocycles. The molecule has 0 bridgehead atoms. The fourth-order valence-electron chi connectivity index (χ4n) is 4.60. The molecule has 3 heteroatoms. The van der Waals surface area contributed by atoms with Gasteiger partial charge in [-0.15, -0.1) is 0 Å². The lowest BCUT2D eigenvalue weighted by atomic mass is 9.58. The van der Waals surface area contributed by atoms with Gasteiger partial charge in [-0.05, 0) is 55.0 Å². The van der Waals surface area contributed by atoms with E-state index in [0.29, 0.717) is 5.92 Å². The van der Waals surface area contributed by atoms with Crippen molar-refractivity contribution in [3.8, 4) is 0 Å². The number of aromatic amines is 1. The van der Waals surface area contributed by atoms with Crippen LogP contribution in [0.5, 0.6) is 0 Å². The Hall–Kier alpha value is -1.77. The van der Waals surface area contributed by atoms with E-state index >= 15 is 0 Å². The number of hydrogen-bond donors (Lipinski definition) is 2. The number of benzene rings is 1. The molecular weight excluding hydrogens is 282 g/mol. The average molecular weight is 311 g/mol. The molecule has 23 heavy (non-hydrogen) atoms. The van der Waals surface area contributed by atoms with E-state index in [9.17, 15) is 0 Å². The number of nitrogens with zero attached hydrogens (tertiary/aromatic N) is 1. The monoisotopic (exact) mass is 311 g/mol. The van der Waals surface area contributed by atoms with Crippen molar-refractivity contribution >= 4 is 11.0 Å². The third-order valence-electron chi connectivity index (χ3n) is 5.72. The van der Waals surface area contributed by atoms with Crippen molar-refractivity contribution in [1.82, 2.24) is 9.97 Å². The molecule has 2 unspecified atom stereocenters. The molecule has 1 aliphatic carbocycles. The number of nitrogens with one attached hydrogen (secondary N) is 1. The topological polar surface area (TPSA) is 54.7 Å². The Morgan fingerprint density at radius 1 is 1.39 bits per heavy atom. The van der Waals surface area contributed by atoms with Crippen LogP contribution in [-0.2, 0) is 11.8 Å². The molecule has 0 amide bonds. The van der Waals surface area contributed by atoms with Gasteiger partial charge in [0.15, 0.2) is 0 Å². The molecule has 1 aromatic heterocycles. The van der Waals surface area contributed by atoms with E-state index in [1.807, 2.05) is 6.20 Å². The summed E-state index contributed by atoms with van der Waals surface area (Å²) in [4.78, 5) is 8.38. The minimum atomic E-state index is 0.0431. The maximum Gasteiger partial charge on any atom is 0.106 e. The predicted octanol–water partition coefficient (Wildman–Crippen LogP) is 4.83. The standard InChI is InChI=1S/C20H29N3/c1-4-12-20(14(3)8-6-9-15(20)13-21)16-10-7-11-17-19(16)23-18(5-2)22-17/h7,10-11,13-14H,4-6,8-9,12,21H2,1-3H3,(H,22,23)/b15-13+. The average Bonchev–Trinajstić information content (AvgIpc) is 3.00. The highest BCUT2D eigenvalue weighted by molar-refractivity contribution is 5.81. The second kappa shape index (κ2) is 6.38. The minimum Gasteiger partial charge on any atom is -0.405 e. The van der Waals surface area contributed by atoms with Crippen molar-refractivity contribution in [2.75, 3.05) is 0 Å². The lowest BCUT2D eigenvalue weighted by Gasteiger charge is -2.45. The first kappa shape index (κ1) is 16.1. The first-order valence-electron chi connectivity index (χ1n) is 9.06. The van der Waals surface area contributed by atoms with Crippen LogP contribution >= 0.6 is 0 Å². The van der Waals surface area contributed by atoms with Crippen molar-refractivity contribution in [1.29, 1.82) is 0 Å². The molecule has 1 fully saturated rings. The number of imidazole rings is 1. The number of allylic oxidation sites excluding steroid dienone is 1. The SMILES string of the molecule is CCCC1(c2cccc3[nH]c(CC)nc23)/C(=C/N)CCCC1C. The molecule has 1 heterocycles. The Labute approximate surface area is 139 Å². The summed E-state index contributed by atoms with van der Waals surface area (Å²) >= 11 is 0. The molecule has 1 aliphatic rings. The molecule has 0 saturated heterocycles. The van der Waals surface area contributed by atoms with Crippen molar-refractivity contribution in [2.24, 2.45) is 11.7 Å². The minimum absolute atomic E-state index is 0.0431. The molecule has 0 spiro atoms. The summed E-state index contributed by atoms with van der Waals surface area (Å²) in [5.74, 6) is 1.67. The summed E-state index contributed by atoms with van der Waals surface area (Å²) in [5.41, 5.74) is 11.2. The highest BCUT2D eigenvalue weighted by Gasteiger charge is 2.43. The largest absolute Gasteiger partial charge is 0.405 e. The molecular formula is C20H29N3. The van der Waals surface area contributed by atoms with Gasteiger partial charge in [0.1, 0.15) is 5.82 Å². The molecule has 124 valence electrons. The maximum atomic E-state index is 6.09. The van der Waals surface area contributed by atoms with Crippen molar-refractivity contribution < 1.29 is 0 Å².